The Bertz CT molecular complexity index is 917. The molecule has 25 heavy (non-hydrogen) atoms. The summed E-state index contributed by atoms with van der Waals surface area (Å²) in [5, 5.41) is 15.2. The summed E-state index contributed by atoms with van der Waals surface area (Å²) in [7, 11) is 0. The quantitative estimate of drug-likeness (QED) is 0.697. The highest BCUT2D eigenvalue weighted by atomic mass is 16.5. The molecule has 0 saturated heterocycles. The fraction of sp³-hybridized carbons (Fsp3) is 0.222. The highest BCUT2D eigenvalue weighted by Gasteiger charge is 2.09. The van der Waals surface area contributed by atoms with Gasteiger partial charge in [0.05, 0.1) is 13.2 Å². The van der Waals surface area contributed by atoms with E-state index in [-0.39, 0.29) is 12.5 Å². The van der Waals surface area contributed by atoms with E-state index in [1.54, 1.807) is 22.7 Å². The summed E-state index contributed by atoms with van der Waals surface area (Å²) in [4.78, 5) is 12.0. The van der Waals surface area contributed by atoms with Gasteiger partial charge in [0.15, 0.2) is 11.5 Å². The van der Waals surface area contributed by atoms with Gasteiger partial charge in [-0.25, -0.2) is 0 Å². The van der Waals surface area contributed by atoms with Crippen molar-refractivity contribution >= 4 is 17.6 Å². The molecule has 0 atom stereocenters. The second-order valence-corrected chi connectivity index (χ2v) is 5.40. The van der Waals surface area contributed by atoms with Crippen LogP contribution in [0, 0.1) is 6.92 Å². The molecule has 0 unspecified atom stereocenters. The maximum absolute atomic E-state index is 12.0. The molecule has 1 aromatic carbocycles. The van der Waals surface area contributed by atoms with Crippen molar-refractivity contribution in [1.29, 1.82) is 0 Å². The first kappa shape index (κ1) is 16.6. The van der Waals surface area contributed by atoms with E-state index in [0.29, 0.717) is 24.0 Å². The lowest BCUT2D eigenvalue weighted by Gasteiger charge is -2.04. The van der Waals surface area contributed by atoms with Crippen LogP contribution in [-0.4, -0.2) is 32.3 Å². The monoisotopic (exact) mass is 337 g/mol. The number of fused-ring (bicyclic) bond motifs is 1. The molecule has 0 radical (unpaired) electrons. The standard InChI is InChI=1S/C18H19N5O2/c1-3-25-18-11-9-15-20-21-16(23(15)22-18)12-19-17(24)10-8-14-7-5-4-6-13(14)2/h4-11H,3,12H2,1-2H3,(H,19,24)/b10-8+. The van der Waals surface area contributed by atoms with Gasteiger partial charge < -0.3 is 10.1 Å². The Kier molecular flexibility index (Phi) is 5.03. The van der Waals surface area contributed by atoms with Gasteiger partial charge in [0.1, 0.15) is 0 Å². The predicted octanol–water partition coefficient (Wildman–Crippen LogP) is 2.16. The molecule has 0 bridgehead atoms. The van der Waals surface area contributed by atoms with Crippen molar-refractivity contribution in [1.82, 2.24) is 25.1 Å². The van der Waals surface area contributed by atoms with E-state index in [1.807, 2.05) is 38.1 Å². The van der Waals surface area contributed by atoms with Gasteiger partial charge in [-0.1, -0.05) is 24.3 Å². The second kappa shape index (κ2) is 7.57. The van der Waals surface area contributed by atoms with Crippen molar-refractivity contribution in [2.24, 2.45) is 0 Å². The number of amides is 1. The van der Waals surface area contributed by atoms with Crippen molar-refractivity contribution in [2.75, 3.05) is 6.61 Å². The molecule has 0 saturated carbocycles. The number of rotatable bonds is 6. The molecule has 0 aliphatic rings. The molecule has 2 aromatic heterocycles. The summed E-state index contributed by atoms with van der Waals surface area (Å²) in [5.41, 5.74) is 2.72. The average Bonchev–Trinajstić information content (AvgIpc) is 3.02. The van der Waals surface area contributed by atoms with E-state index >= 15 is 0 Å². The van der Waals surface area contributed by atoms with E-state index in [4.69, 9.17) is 4.74 Å². The summed E-state index contributed by atoms with van der Waals surface area (Å²) in [5.74, 6) is 0.817. The van der Waals surface area contributed by atoms with Crippen LogP contribution in [0.25, 0.3) is 11.7 Å². The molecule has 128 valence electrons. The van der Waals surface area contributed by atoms with Crippen LogP contribution in [0.2, 0.25) is 0 Å². The van der Waals surface area contributed by atoms with Crippen molar-refractivity contribution in [3.63, 3.8) is 0 Å². The predicted molar refractivity (Wildman–Crippen MR) is 94.0 cm³/mol. The number of aryl methyl sites for hydroxylation is 1. The number of hydrogen-bond donors (Lipinski definition) is 1. The van der Waals surface area contributed by atoms with Crippen LogP contribution in [-0.2, 0) is 11.3 Å². The molecule has 3 rings (SSSR count). The summed E-state index contributed by atoms with van der Waals surface area (Å²) in [6.45, 7) is 4.64. The highest BCUT2D eigenvalue weighted by molar-refractivity contribution is 5.91. The van der Waals surface area contributed by atoms with E-state index in [9.17, 15) is 4.79 Å². The van der Waals surface area contributed by atoms with Crippen LogP contribution >= 0.6 is 0 Å². The third kappa shape index (κ3) is 4.00. The Morgan fingerprint density at radius 3 is 2.88 bits per heavy atom. The average molecular weight is 337 g/mol. The topological polar surface area (TPSA) is 81.4 Å². The number of hydrogen-bond acceptors (Lipinski definition) is 5. The number of aromatic nitrogens is 4. The first-order valence-electron chi connectivity index (χ1n) is 8.03. The molecule has 7 heteroatoms. The Labute approximate surface area is 145 Å². The molecule has 7 nitrogen and oxygen atoms in total. The molecular formula is C18H19N5O2. The van der Waals surface area contributed by atoms with Crippen LogP contribution in [0.1, 0.15) is 23.9 Å². The molecule has 0 aliphatic carbocycles. The SMILES string of the molecule is CCOc1ccc2nnc(CNC(=O)/C=C/c3ccccc3C)n2n1. The van der Waals surface area contributed by atoms with Crippen LogP contribution in [0.3, 0.4) is 0 Å². The largest absolute Gasteiger partial charge is 0.477 e. The fourth-order valence-electron chi connectivity index (χ4n) is 2.32. The lowest BCUT2D eigenvalue weighted by molar-refractivity contribution is -0.116. The molecule has 1 N–H and O–H groups in total. The molecule has 2 heterocycles. The summed E-state index contributed by atoms with van der Waals surface area (Å²) in [6.07, 6.45) is 3.29. The molecule has 1 amide bonds. The Morgan fingerprint density at radius 2 is 2.08 bits per heavy atom. The van der Waals surface area contributed by atoms with E-state index in [0.717, 1.165) is 11.1 Å². The summed E-state index contributed by atoms with van der Waals surface area (Å²) >= 11 is 0. The van der Waals surface area contributed by atoms with E-state index in [1.165, 1.54) is 6.08 Å². The maximum atomic E-state index is 12.0. The van der Waals surface area contributed by atoms with Gasteiger partial charge >= 0.3 is 0 Å². The first-order chi connectivity index (χ1) is 12.2. The lowest BCUT2D eigenvalue weighted by atomic mass is 10.1. The first-order valence-corrected chi connectivity index (χ1v) is 8.03. The minimum atomic E-state index is -0.207. The van der Waals surface area contributed by atoms with Crippen molar-refractivity contribution < 1.29 is 9.53 Å². The van der Waals surface area contributed by atoms with E-state index in [2.05, 4.69) is 20.6 Å². The van der Waals surface area contributed by atoms with Gasteiger partial charge in [0, 0.05) is 12.1 Å². The molecular weight excluding hydrogens is 318 g/mol. The van der Waals surface area contributed by atoms with Crippen molar-refractivity contribution in [3.05, 3.63) is 59.4 Å². The van der Waals surface area contributed by atoms with Gasteiger partial charge in [-0.2, -0.15) is 4.52 Å². The Balaban J connectivity index is 1.67. The summed E-state index contributed by atoms with van der Waals surface area (Å²) < 4.78 is 6.94. The van der Waals surface area contributed by atoms with Crippen molar-refractivity contribution in [2.45, 2.75) is 20.4 Å². The van der Waals surface area contributed by atoms with Crippen LogP contribution in [0.15, 0.2) is 42.5 Å². The Morgan fingerprint density at radius 1 is 1.24 bits per heavy atom. The lowest BCUT2D eigenvalue weighted by Crippen LogP contribution is -2.22. The number of nitrogens with one attached hydrogen (secondary N) is 1. The summed E-state index contributed by atoms with van der Waals surface area (Å²) in [6, 6.07) is 11.4. The fourth-order valence-corrected chi connectivity index (χ4v) is 2.32. The minimum Gasteiger partial charge on any atom is -0.477 e. The smallest absolute Gasteiger partial charge is 0.244 e. The van der Waals surface area contributed by atoms with Gasteiger partial charge in [0.25, 0.3) is 0 Å². The van der Waals surface area contributed by atoms with Crippen molar-refractivity contribution in [3.8, 4) is 5.88 Å². The maximum Gasteiger partial charge on any atom is 0.244 e. The molecule has 3 aromatic rings. The molecule has 0 spiro atoms. The van der Waals surface area contributed by atoms with Crippen LogP contribution < -0.4 is 10.1 Å². The highest BCUT2D eigenvalue weighted by Crippen LogP contribution is 2.10. The van der Waals surface area contributed by atoms with Gasteiger partial charge in [-0.15, -0.1) is 15.3 Å². The van der Waals surface area contributed by atoms with E-state index < -0.39 is 0 Å². The number of carbonyl (C=O) groups is 1. The zero-order valence-corrected chi connectivity index (χ0v) is 14.1. The van der Waals surface area contributed by atoms with Gasteiger partial charge in [-0.05, 0) is 37.1 Å². The Hall–Kier alpha value is -3.22. The van der Waals surface area contributed by atoms with Gasteiger partial charge in [-0.3, -0.25) is 4.79 Å². The third-order valence-electron chi connectivity index (χ3n) is 3.62. The van der Waals surface area contributed by atoms with Crippen LogP contribution in [0.5, 0.6) is 5.88 Å². The van der Waals surface area contributed by atoms with Gasteiger partial charge in [0.2, 0.25) is 11.8 Å². The van der Waals surface area contributed by atoms with Crippen LogP contribution in [0.4, 0.5) is 0 Å². The zero-order chi connectivity index (χ0) is 17.6. The number of benzene rings is 1. The normalized spacial score (nSPS) is 11.1. The number of nitrogens with zero attached hydrogens (tertiary/aromatic N) is 4. The molecule has 0 fully saturated rings. The third-order valence-corrected chi connectivity index (χ3v) is 3.62. The number of ether oxygens (including phenoxy) is 1. The number of carbonyl (C=O) groups excluding carboxylic acids is 1. The minimum absolute atomic E-state index is 0.207. The molecule has 0 aliphatic heterocycles. The second-order valence-electron chi connectivity index (χ2n) is 5.40. The zero-order valence-electron chi connectivity index (χ0n) is 14.1.